The quantitative estimate of drug-likeness (QED) is 0.645. The monoisotopic (exact) mass is 317 g/mol. The zero-order valence-electron chi connectivity index (χ0n) is 14.8. The first-order valence-electron chi connectivity index (χ1n) is 8.84. The Morgan fingerprint density at radius 1 is 1.13 bits per heavy atom. The van der Waals surface area contributed by atoms with Crippen LogP contribution in [0.2, 0.25) is 0 Å². The molecule has 1 aliphatic rings. The van der Waals surface area contributed by atoms with Gasteiger partial charge in [0.15, 0.2) is 5.96 Å². The molecule has 0 saturated heterocycles. The average Bonchev–Trinajstić information content (AvgIpc) is 2.62. The van der Waals surface area contributed by atoms with Crippen LogP contribution >= 0.6 is 0 Å². The van der Waals surface area contributed by atoms with Gasteiger partial charge in [0, 0.05) is 18.5 Å². The molecule has 0 aliphatic heterocycles. The van der Waals surface area contributed by atoms with Crippen molar-refractivity contribution < 1.29 is 4.74 Å². The zero-order valence-corrected chi connectivity index (χ0v) is 14.8. The summed E-state index contributed by atoms with van der Waals surface area (Å²) in [6.07, 6.45) is 6.25. The van der Waals surface area contributed by atoms with E-state index < -0.39 is 0 Å². The molecule has 0 unspecified atom stereocenters. The second-order valence-electron chi connectivity index (χ2n) is 6.42. The van der Waals surface area contributed by atoms with E-state index in [1.807, 2.05) is 0 Å². The van der Waals surface area contributed by atoms with Crippen molar-refractivity contribution in [3.63, 3.8) is 0 Å². The highest BCUT2D eigenvalue weighted by Gasteiger charge is 2.33. The maximum absolute atomic E-state index is 6.19. The molecule has 0 atom stereocenters. The molecule has 2 N–H and O–H groups in total. The summed E-state index contributed by atoms with van der Waals surface area (Å²) in [5.74, 6) is 1.58. The topological polar surface area (TPSA) is 50.8 Å². The standard InChI is InChI=1S/C19H31N3O/c1-4-22(5-2)18(20)21-15-19(13-7-6-8-14-19)16-9-11-17(23-3)12-10-16/h9-12H,4-8,13-15H2,1-3H3,(H2,20,21). The van der Waals surface area contributed by atoms with Gasteiger partial charge < -0.3 is 15.4 Å². The molecule has 1 saturated carbocycles. The maximum Gasteiger partial charge on any atom is 0.191 e. The first kappa shape index (κ1) is 17.6. The largest absolute Gasteiger partial charge is 0.497 e. The number of nitrogens with zero attached hydrogens (tertiary/aromatic N) is 2. The maximum atomic E-state index is 6.19. The van der Waals surface area contributed by atoms with Gasteiger partial charge in [-0.1, -0.05) is 31.4 Å². The molecule has 4 nitrogen and oxygen atoms in total. The Hall–Kier alpha value is -1.71. The van der Waals surface area contributed by atoms with E-state index in [4.69, 9.17) is 15.5 Å². The lowest BCUT2D eigenvalue weighted by atomic mass is 9.69. The fraction of sp³-hybridized carbons (Fsp3) is 0.632. The number of methoxy groups -OCH3 is 1. The molecule has 4 heteroatoms. The van der Waals surface area contributed by atoms with Crippen molar-refractivity contribution in [3.05, 3.63) is 29.8 Å². The van der Waals surface area contributed by atoms with Crippen molar-refractivity contribution in [2.45, 2.75) is 51.4 Å². The van der Waals surface area contributed by atoms with E-state index in [1.165, 1.54) is 37.7 Å². The highest BCUT2D eigenvalue weighted by Crippen LogP contribution is 2.40. The van der Waals surface area contributed by atoms with Gasteiger partial charge in [0.1, 0.15) is 5.75 Å². The summed E-state index contributed by atoms with van der Waals surface area (Å²) >= 11 is 0. The van der Waals surface area contributed by atoms with Crippen LogP contribution in [-0.2, 0) is 5.41 Å². The third kappa shape index (κ3) is 4.18. The first-order valence-corrected chi connectivity index (χ1v) is 8.84. The van der Waals surface area contributed by atoms with Crippen LogP contribution in [0.25, 0.3) is 0 Å². The second-order valence-corrected chi connectivity index (χ2v) is 6.42. The van der Waals surface area contributed by atoms with Gasteiger partial charge in [0.05, 0.1) is 13.7 Å². The molecule has 1 aromatic rings. The normalized spacial score (nSPS) is 17.8. The average molecular weight is 317 g/mol. The molecule has 0 aromatic heterocycles. The van der Waals surface area contributed by atoms with Crippen LogP contribution in [-0.4, -0.2) is 37.6 Å². The Bertz CT molecular complexity index is 500. The van der Waals surface area contributed by atoms with Crippen LogP contribution in [0, 0.1) is 0 Å². The third-order valence-corrected chi connectivity index (χ3v) is 5.14. The molecule has 23 heavy (non-hydrogen) atoms. The second kappa shape index (κ2) is 8.23. The Labute approximate surface area is 140 Å². The highest BCUT2D eigenvalue weighted by atomic mass is 16.5. The summed E-state index contributed by atoms with van der Waals surface area (Å²) in [6, 6.07) is 8.52. The Morgan fingerprint density at radius 3 is 2.26 bits per heavy atom. The van der Waals surface area contributed by atoms with Crippen LogP contribution in [0.5, 0.6) is 5.75 Å². The van der Waals surface area contributed by atoms with E-state index in [0.29, 0.717) is 5.96 Å². The molecule has 1 fully saturated rings. The number of rotatable bonds is 6. The number of nitrogens with two attached hydrogens (primary N) is 1. The Balaban J connectivity index is 2.23. The van der Waals surface area contributed by atoms with Gasteiger partial charge in [-0.05, 0) is 44.4 Å². The number of aliphatic imine (C=N–C) groups is 1. The number of guanidine groups is 1. The van der Waals surface area contributed by atoms with E-state index >= 15 is 0 Å². The molecular weight excluding hydrogens is 286 g/mol. The molecule has 2 rings (SSSR count). The predicted octanol–water partition coefficient (Wildman–Crippen LogP) is 3.55. The van der Waals surface area contributed by atoms with Crippen molar-refractivity contribution in [1.82, 2.24) is 4.90 Å². The van der Waals surface area contributed by atoms with Crippen LogP contribution in [0.4, 0.5) is 0 Å². The van der Waals surface area contributed by atoms with Gasteiger partial charge in [0.25, 0.3) is 0 Å². The predicted molar refractivity (Wildman–Crippen MR) is 97.2 cm³/mol. The SMILES string of the molecule is CCN(CC)C(N)=NCC1(c2ccc(OC)cc2)CCCCC1. The van der Waals surface area contributed by atoms with Gasteiger partial charge in [-0.3, -0.25) is 4.99 Å². The van der Waals surface area contributed by atoms with Crippen molar-refractivity contribution in [2.75, 3.05) is 26.7 Å². The van der Waals surface area contributed by atoms with E-state index in [1.54, 1.807) is 7.11 Å². The van der Waals surface area contributed by atoms with Gasteiger partial charge in [-0.25, -0.2) is 0 Å². The van der Waals surface area contributed by atoms with Crippen molar-refractivity contribution in [3.8, 4) is 5.75 Å². The lowest BCUT2D eigenvalue weighted by molar-refractivity contribution is 0.299. The first-order chi connectivity index (χ1) is 11.1. The van der Waals surface area contributed by atoms with Crippen LogP contribution in [0.15, 0.2) is 29.3 Å². The number of hydrogen-bond acceptors (Lipinski definition) is 2. The number of ether oxygens (including phenoxy) is 1. The van der Waals surface area contributed by atoms with Crippen LogP contribution in [0.1, 0.15) is 51.5 Å². The fourth-order valence-corrected chi connectivity index (χ4v) is 3.59. The van der Waals surface area contributed by atoms with Gasteiger partial charge in [0.2, 0.25) is 0 Å². The molecule has 128 valence electrons. The molecule has 0 bridgehead atoms. The molecule has 0 spiro atoms. The summed E-state index contributed by atoms with van der Waals surface area (Å²) < 4.78 is 5.29. The lowest BCUT2D eigenvalue weighted by Gasteiger charge is -2.37. The summed E-state index contributed by atoms with van der Waals surface area (Å²) in [5.41, 5.74) is 7.69. The molecule has 0 heterocycles. The molecule has 0 radical (unpaired) electrons. The number of hydrogen-bond donors (Lipinski definition) is 1. The van der Waals surface area contributed by atoms with E-state index in [9.17, 15) is 0 Å². The van der Waals surface area contributed by atoms with Crippen molar-refractivity contribution in [1.29, 1.82) is 0 Å². The summed E-state index contributed by atoms with van der Waals surface area (Å²) in [7, 11) is 1.71. The van der Waals surface area contributed by atoms with E-state index in [2.05, 4.69) is 43.0 Å². The fourth-order valence-electron chi connectivity index (χ4n) is 3.59. The minimum absolute atomic E-state index is 0.127. The van der Waals surface area contributed by atoms with Gasteiger partial charge in [-0.2, -0.15) is 0 Å². The van der Waals surface area contributed by atoms with E-state index in [-0.39, 0.29) is 5.41 Å². The summed E-state index contributed by atoms with van der Waals surface area (Å²) in [6.45, 7) is 6.82. The van der Waals surface area contributed by atoms with Crippen LogP contribution < -0.4 is 10.5 Å². The molecular formula is C19H31N3O. The van der Waals surface area contributed by atoms with Gasteiger partial charge >= 0.3 is 0 Å². The third-order valence-electron chi connectivity index (χ3n) is 5.14. The highest BCUT2D eigenvalue weighted by molar-refractivity contribution is 5.78. The summed E-state index contributed by atoms with van der Waals surface area (Å²) in [4.78, 5) is 6.89. The van der Waals surface area contributed by atoms with Crippen LogP contribution in [0.3, 0.4) is 0 Å². The van der Waals surface area contributed by atoms with Crippen molar-refractivity contribution >= 4 is 5.96 Å². The summed E-state index contributed by atoms with van der Waals surface area (Å²) in [5, 5.41) is 0. The van der Waals surface area contributed by atoms with Crippen molar-refractivity contribution in [2.24, 2.45) is 10.7 Å². The Kier molecular flexibility index (Phi) is 6.31. The van der Waals surface area contributed by atoms with Gasteiger partial charge in [-0.15, -0.1) is 0 Å². The zero-order chi connectivity index (χ0) is 16.7. The molecule has 1 aromatic carbocycles. The minimum Gasteiger partial charge on any atom is -0.497 e. The van der Waals surface area contributed by atoms with E-state index in [0.717, 1.165) is 25.4 Å². The smallest absolute Gasteiger partial charge is 0.191 e. The molecule has 0 amide bonds. The lowest BCUT2D eigenvalue weighted by Crippen LogP contribution is -2.39. The molecule has 1 aliphatic carbocycles. The number of benzene rings is 1. The Morgan fingerprint density at radius 2 is 1.74 bits per heavy atom. The minimum atomic E-state index is 0.127.